The quantitative estimate of drug-likeness (QED) is 0.130. The van der Waals surface area contributed by atoms with Crippen molar-refractivity contribution in [2.45, 2.75) is 80.1 Å². The molecule has 0 radical (unpaired) electrons. The Kier molecular flexibility index (Phi) is 9.18. The van der Waals surface area contributed by atoms with Crippen molar-refractivity contribution in [3.63, 3.8) is 0 Å². The van der Waals surface area contributed by atoms with E-state index in [1.165, 1.54) is 22.3 Å². The van der Waals surface area contributed by atoms with Gasteiger partial charge in [-0.1, -0.05) is 90.4 Å². The molecule has 256 valence electrons. The maximum Gasteiger partial charge on any atom is 2.00 e. The first kappa shape index (κ1) is 35.3. The summed E-state index contributed by atoms with van der Waals surface area (Å²) in [6.07, 6.45) is 1.85. The minimum absolute atomic E-state index is 0. The molecule has 5 nitrogen and oxygen atoms in total. The Labute approximate surface area is 310 Å². The second-order valence-corrected chi connectivity index (χ2v) is 15.4. The Morgan fingerprint density at radius 1 is 0.660 bits per heavy atom. The van der Waals surface area contributed by atoms with Crippen LogP contribution < -0.4 is 4.74 Å². The van der Waals surface area contributed by atoms with Crippen LogP contribution in [-0.4, -0.2) is 19.3 Å². The molecule has 0 atom stereocenters. The number of hydrogen-bond acceptors (Lipinski definition) is 3. The molecular formula is C44H44N4OPd. The van der Waals surface area contributed by atoms with Crippen molar-refractivity contribution in [2.75, 3.05) is 0 Å². The molecule has 0 saturated carbocycles. The van der Waals surface area contributed by atoms with E-state index >= 15 is 0 Å². The van der Waals surface area contributed by atoms with Gasteiger partial charge in [0.1, 0.15) is 5.82 Å². The third kappa shape index (κ3) is 6.32. The molecule has 0 aliphatic rings. The van der Waals surface area contributed by atoms with Gasteiger partial charge in [0.15, 0.2) is 0 Å². The van der Waals surface area contributed by atoms with E-state index in [9.17, 15) is 0 Å². The molecule has 0 aliphatic heterocycles. The average molecular weight is 751 g/mol. The first-order valence-electron chi connectivity index (χ1n) is 17.0. The zero-order valence-corrected chi connectivity index (χ0v) is 32.2. The topological polar surface area (TPSA) is 44.9 Å². The molecule has 0 aliphatic carbocycles. The fraction of sp³-hybridized carbons (Fsp3) is 0.273. The number of fused-ring (bicyclic) bond motifs is 3. The number of nitrogens with zero attached hydrogens (tertiary/aromatic N) is 4. The monoisotopic (exact) mass is 750 g/mol. The summed E-state index contributed by atoms with van der Waals surface area (Å²) in [6.45, 7) is 22.1. The molecule has 3 heterocycles. The van der Waals surface area contributed by atoms with Crippen molar-refractivity contribution in [1.29, 1.82) is 0 Å². The van der Waals surface area contributed by atoms with Crippen LogP contribution in [0.4, 0.5) is 0 Å². The van der Waals surface area contributed by atoms with Gasteiger partial charge in [-0.05, 0) is 72.3 Å². The molecule has 0 amide bonds. The number of aryl methyl sites for hydroxylation is 4. The Morgan fingerprint density at radius 3 is 2.06 bits per heavy atom. The Morgan fingerprint density at radius 2 is 1.38 bits per heavy atom. The van der Waals surface area contributed by atoms with Crippen LogP contribution in [0.1, 0.15) is 75.2 Å². The molecule has 7 rings (SSSR count). The fourth-order valence-electron chi connectivity index (χ4n) is 7.02. The third-order valence-corrected chi connectivity index (χ3v) is 9.15. The Hall–Kier alpha value is -4.50. The maximum atomic E-state index is 6.61. The van der Waals surface area contributed by atoms with Crippen LogP contribution in [0.5, 0.6) is 11.5 Å². The van der Waals surface area contributed by atoms with Crippen LogP contribution in [0, 0.1) is 39.8 Å². The van der Waals surface area contributed by atoms with E-state index in [1.54, 1.807) is 0 Å². The second kappa shape index (κ2) is 13.0. The van der Waals surface area contributed by atoms with Gasteiger partial charge in [-0.3, -0.25) is 4.68 Å². The minimum atomic E-state index is -0.213. The third-order valence-electron chi connectivity index (χ3n) is 9.15. The van der Waals surface area contributed by atoms with Gasteiger partial charge in [0.2, 0.25) is 0 Å². The molecule has 0 unspecified atom stereocenters. The van der Waals surface area contributed by atoms with Crippen LogP contribution in [0.25, 0.3) is 44.4 Å². The van der Waals surface area contributed by atoms with E-state index in [1.807, 2.05) is 24.4 Å². The summed E-state index contributed by atoms with van der Waals surface area (Å²) in [4.78, 5) is 4.73. The maximum absolute atomic E-state index is 6.61. The first-order valence-corrected chi connectivity index (χ1v) is 17.0. The summed E-state index contributed by atoms with van der Waals surface area (Å²) in [5.41, 5.74) is 11.8. The van der Waals surface area contributed by atoms with Crippen LogP contribution in [-0.2, 0) is 31.3 Å². The Bertz CT molecular complexity index is 2360. The number of para-hydroxylation sites is 1. The van der Waals surface area contributed by atoms with Crippen LogP contribution in [0.3, 0.4) is 0 Å². The number of benzene rings is 4. The van der Waals surface area contributed by atoms with Gasteiger partial charge in [-0.25, -0.2) is 4.98 Å². The Balaban J connectivity index is 0.00000432. The van der Waals surface area contributed by atoms with Gasteiger partial charge < -0.3 is 9.30 Å². The van der Waals surface area contributed by atoms with Crippen LogP contribution >= 0.6 is 0 Å². The summed E-state index contributed by atoms with van der Waals surface area (Å²) >= 11 is 0. The first-order chi connectivity index (χ1) is 23.2. The van der Waals surface area contributed by atoms with Crippen LogP contribution in [0.2, 0.25) is 0 Å². The average Bonchev–Trinajstić information content (AvgIpc) is 3.58. The summed E-state index contributed by atoms with van der Waals surface area (Å²) in [6, 6.07) is 34.5. The molecular weight excluding hydrogens is 707 g/mol. The molecule has 50 heavy (non-hydrogen) atoms. The second-order valence-electron chi connectivity index (χ2n) is 15.4. The van der Waals surface area contributed by atoms with Crippen molar-refractivity contribution in [1.82, 2.24) is 19.3 Å². The van der Waals surface area contributed by atoms with Crippen molar-refractivity contribution >= 4 is 21.8 Å². The van der Waals surface area contributed by atoms with Gasteiger partial charge in [0.25, 0.3) is 0 Å². The van der Waals surface area contributed by atoms with Gasteiger partial charge in [0, 0.05) is 39.6 Å². The fourth-order valence-corrected chi connectivity index (χ4v) is 7.02. The van der Waals surface area contributed by atoms with Gasteiger partial charge in [-0.15, -0.1) is 35.7 Å². The SMILES string of the molecule is Cc1cc(Oc2[c-]c3c(cc2)c2ccccc2n3-c2cc(C)ccn2)[c-]c(-n2nc(C(C)(C)C)c(-c3c(C)cccc3C)c2C(C)(C)C)c1.[Pd+2]. The molecule has 7 aromatic rings. The number of aromatic nitrogens is 4. The van der Waals surface area contributed by atoms with E-state index in [-0.39, 0.29) is 31.3 Å². The van der Waals surface area contributed by atoms with E-state index in [0.717, 1.165) is 55.8 Å². The zero-order chi connectivity index (χ0) is 34.8. The molecule has 0 bridgehead atoms. The normalized spacial score (nSPS) is 12.0. The van der Waals surface area contributed by atoms with Crippen molar-refractivity contribution < 1.29 is 25.2 Å². The molecule has 3 aromatic heterocycles. The van der Waals surface area contributed by atoms with Crippen LogP contribution in [0.15, 0.2) is 85.1 Å². The molecule has 4 aromatic carbocycles. The van der Waals surface area contributed by atoms with Crippen molar-refractivity contribution in [3.05, 3.63) is 131 Å². The predicted octanol–water partition coefficient (Wildman–Crippen LogP) is 11.3. The number of rotatable bonds is 5. The van der Waals surface area contributed by atoms with E-state index in [2.05, 4.69) is 151 Å². The summed E-state index contributed by atoms with van der Waals surface area (Å²) in [5.74, 6) is 2.08. The van der Waals surface area contributed by atoms with E-state index < -0.39 is 0 Å². The molecule has 0 fully saturated rings. The van der Waals surface area contributed by atoms with E-state index in [4.69, 9.17) is 14.8 Å². The van der Waals surface area contributed by atoms with E-state index in [0.29, 0.717) is 11.5 Å². The number of pyridine rings is 1. The van der Waals surface area contributed by atoms with Gasteiger partial charge >= 0.3 is 20.4 Å². The summed E-state index contributed by atoms with van der Waals surface area (Å²) in [5, 5.41) is 7.64. The standard InChI is InChI=1S/C44H44N4O.Pd/c1-27-20-21-45-38(24-27)47-36-17-12-11-16-34(36)35-19-18-32(26-37(35)47)49-33-23-28(2)22-31(25-33)48-42(44(8,9)10)40(41(46-48)43(5,6)7)39-29(3)14-13-15-30(39)4;/h11-24H,1-10H3;/q-2;+2. The molecule has 0 spiro atoms. The predicted molar refractivity (Wildman–Crippen MR) is 202 cm³/mol. The molecule has 6 heteroatoms. The molecule has 0 saturated heterocycles. The summed E-state index contributed by atoms with van der Waals surface area (Å²) < 4.78 is 10.9. The summed E-state index contributed by atoms with van der Waals surface area (Å²) in [7, 11) is 0. The van der Waals surface area contributed by atoms with Crippen molar-refractivity contribution in [3.8, 4) is 34.1 Å². The minimum Gasteiger partial charge on any atom is -0.509 e. The largest absolute Gasteiger partial charge is 2.00 e. The van der Waals surface area contributed by atoms with Gasteiger partial charge in [-0.2, -0.15) is 16.7 Å². The smallest absolute Gasteiger partial charge is 0.509 e. The zero-order valence-electron chi connectivity index (χ0n) is 30.6. The van der Waals surface area contributed by atoms with Gasteiger partial charge in [0.05, 0.1) is 11.4 Å². The van der Waals surface area contributed by atoms with Crippen molar-refractivity contribution in [2.24, 2.45) is 0 Å². The number of hydrogen-bond donors (Lipinski definition) is 0. The molecule has 0 N–H and O–H groups in total. The number of ether oxygens (including phenoxy) is 1.